The van der Waals surface area contributed by atoms with Crippen LogP contribution in [0.15, 0.2) is 49.5 Å². The van der Waals surface area contributed by atoms with Crippen LogP contribution in [0.1, 0.15) is 19.4 Å². The molecule has 0 fully saturated rings. The van der Waals surface area contributed by atoms with Gasteiger partial charge in [-0.05, 0) is 44.0 Å². The number of aromatic hydroxyl groups is 2. The largest absolute Gasteiger partial charge is 0.508 e. The van der Waals surface area contributed by atoms with Gasteiger partial charge in [0.2, 0.25) is 5.75 Å². The van der Waals surface area contributed by atoms with Crippen LogP contribution in [0.5, 0.6) is 17.2 Å². The molecule has 4 aromatic rings. The number of hydrogen-bond donors (Lipinski definition) is 2. The minimum absolute atomic E-state index is 0.0686. The topological polar surface area (TPSA) is 93.0 Å². The molecule has 0 atom stereocenters. The molecule has 2 aromatic carbocycles. The number of furan rings is 1. The molecule has 2 aromatic heterocycles. The highest BCUT2D eigenvalue weighted by Crippen LogP contribution is 2.40. The van der Waals surface area contributed by atoms with E-state index in [0.29, 0.717) is 39.3 Å². The van der Waals surface area contributed by atoms with Gasteiger partial charge in [-0.3, -0.25) is 0 Å². The van der Waals surface area contributed by atoms with E-state index in [0.717, 1.165) is 5.57 Å². The van der Waals surface area contributed by atoms with Gasteiger partial charge in [0.05, 0.1) is 12.5 Å². The number of phenolic OH excluding ortho intramolecular Hbond substituents is 2. The Balaban J connectivity index is 2.10. The summed E-state index contributed by atoms with van der Waals surface area (Å²) in [6, 6.07) is 6.30. The first kappa shape index (κ1) is 17.0. The number of ether oxygens (including phenoxy) is 1. The summed E-state index contributed by atoms with van der Waals surface area (Å²) < 4.78 is 16.5. The summed E-state index contributed by atoms with van der Waals surface area (Å²) in [7, 11) is 1.38. The lowest BCUT2D eigenvalue weighted by molar-refractivity contribution is 0.369. The zero-order valence-corrected chi connectivity index (χ0v) is 15.1. The van der Waals surface area contributed by atoms with Crippen LogP contribution < -0.4 is 10.4 Å². The predicted molar refractivity (Wildman–Crippen MR) is 103 cm³/mol. The van der Waals surface area contributed by atoms with Crippen molar-refractivity contribution in [2.45, 2.75) is 20.3 Å². The first-order chi connectivity index (χ1) is 12.9. The second-order valence-corrected chi connectivity index (χ2v) is 6.65. The van der Waals surface area contributed by atoms with Crippen LogP contribution in [0.4, 0.5) is 0 Å². The third kappa shape index (κ3) is 2.61. The summed E-state index contributed by atoms with van der Waals surface area (Å²) in [4.78, 5) is 12.7. The molecule has 0 amide bonds. The van der Waals surface area contributed by atoms with E-state index >= 15 is 0 Å². The van der Waals surface area contributed by atoms with Gasteiger partial charge in [0.15, 0.2) is 16.9 Å². The number of hydrogen-bond acceptors (Lipinski definition) is 6. The van der Waals surface area contributed by atoms with Crippen LogP contribution in [0.25, 0.3) is 32.9 Å². The fourth-order valence-corrected chi connectivity index (χ4v) is 3.22. The number of rotatable bonds is 3. The maximum absolute atomic E-state index is 12.7. The van der Waals surface area contributed by atoms with Crippen LogP contribution in [0, 0.1) is 0 Å². The van der Waals surface area contributed by atoms with Gasteiger partial charge in [0.25, 0.3) is 0 Å². The molecule has 27 heavy (non-hydrogen) atoms. The van der Waals surface area contributed by atoms with Crippen molar-refractivity contribution >= 4 is 32.9 Å². The van der Waals surface area contributed by atoms with Crippen LogP contribution >= 0.6 is 0 Å². The molecule has 0 aliphatic heterocycles. The standard InChI is InChI=1S/C21H18O6/c1-10(2)4-5-11-8-13-16(9-15(11)23)26-18-12-6-7-14(22)20(25-3)19(12)27-21(24)17(13)18/h4,6-9,22-23H,5H2,1-3H3. The number of methoxy groups -OCH3 is 1. The summed E-state index contributed by atoms with van der Waals surface area (Å²) in [6.07, 6.45) is 2.53. The van der Waals surface area contributed by atoms with E-state index in [-0.39, 0.29) is 22.8 Å². The summed E-state index contributed by atoms with van der Waals surface area (Å²) in [5, 5.41) is 21.6. The molecule has 6 nitrogen and oxygen atoms in total. The van der Waals surface area contributed by atoms with Crippen molar-refractivity contribution in [3.63, 3.8) is 0 Å². The molecule has 2 N–H and O–H groups in total. The van der Waals surface area contributed by atoms with Gasteiger partial charge in [-0.15, -0.1) is 0 Å². The molecular formula is C21H18O6. The number of phenols is 2. The average molecular weight is 366 g/mol. The van der Waals surface area contributed by atoms with E-state index in [2.05, 4.69) is 0 Å². The van der Waals surface area contributed by atoms with Gasteiger partial charge < -0.3 is 23.8 Å². The van der Waals surface area contributed by atoms with Crippen molar-refractivity contribution in [3.05, 3.63) is 51.9 Å². The summed E-state index contributed by atoms with van der Waals surface area (Å²) in [5.74, 6) is 0.0345. The molecule has 0 radical (unpaired) electrons. The Bertz CT molecular complexity index is 1290. The fraction of sp³-hybridized carbons (Fsp3) is 0.190. The maximum Gasteiger partial charge on any atom is 0.348 e. The van der Waals surface area contributed by atoms with Crippen LogP contribution in [0.2, 0.25) is 0 Å². The number of allylic oxidation sites excluding steroid dienone is 2. The quantitative estimate of drug-likeness (QED) is 0.406. The van der Waals surface area contributed by atoms with Crippen LogP contribution in [-0.4, -0.2) is 17.3 Å². The molecule has 4 rings (SSSR count). The summed E-state index contributed by atoms with van der Waals surface area (Å²) in [5.41, 5.74) is 2.05. The Kier molecular flexibility index (Phi) is 3.84. The van der Waals surface area contributed by atoms with Crippen molar-refractivity contribution < 1.29 is 23.8 Å². The zero-order valence-electron chi connectivity index (χ0n) is 15.1. The molecule has 0 aliphatic rings. The highest BCUT2D eigenvalue weighted by Gasteiger charge is 2.21. The third-order valence-electron chi connectivity index (χ3n) is 4.56. The lowest BCUT2D eigenvalue weighted by Crippen LogP contribution is -1.99. The third-order valence-corrected chi connectivity index (χ3v) is 4.56. The van der Waals surface area contributed by atoms with E-state index in [1.807, 2.05) is 19.9 Å². The Morgan fingerprint density at radius 2 is 1.85 bits per heavy atom. The SMILES string of the molecule is COc1c(O)ccc2c1oc(=O)c1c3cc(CC=C(C)C)c(O)cc3oc21. The van der Waals surface area contributed by atoms with Gasteiger partial charge >= 0.3 is 5.63 Å². The molecule has 0 unspecified atom stereocenters. The van der Waals surface area contributed by atoms with Crippen LogP contribution in [-0.2, 0) is 6.42 Å². The van der Waals surface area contributed by atoms with E-state index in [1.54, 1.807) is 12.1 Å². The van der Waals surface area contributed by atoms with E-state index in [4.69, 9.17) is 13.6 Å². The van der Waals surface area contributed by atoms with E-state index < -0.39 is 5.63 Å². The number of benzene rings is 2. The molecule has 0 aliphatic carbocycles. The minimum atomic E-state index is -0.598. The highest BCUT2D eigenvalue weighted by atomic mass is 16.5. The van der Waals surface area contributed by atoms with Crippen molar-refractivity contribution in [2.75, 3.05) is 7.11 Å². The molecule has 0 bridgehead atoms. The molecule has 138 valence electrons. The smallest absolute Gasteiger partial charge is 0.348 e. The number of fused-ring (bicyclic) bond motifs is 5. The first-order valence-corrected chi connectivity index (χ1v) is 8.45. The van der Waals surface area contributed by atoms with Crippen molar-refractivity contribution in [2.24, 2.45) is 0 Å². The monoisotopic (exact) mass is 366 g/mol. The Labute approximate surface area is 153 Å². The molecule has 0 saturated heterocycles. The maximum atomic E-state index is 12.7. The summed E-state index contributed by atoms with van der Waals surface area (Å²) >= 11 is 0. The lowest BCUT2D eigenvalue weighted by Gasteiger charge is -2.06. The first-order valence-electron chi connectivity index (χ1n) is 8.45. The second-order valence-electron chi connectivity index (χ2n) is 6.65. The van der Waals surface area contributed by atoms with Crippen molar-refractivity contribution in [1.29, 1.82) is 0 Å². The van der Waals surface area contributed by atoms with Crippen molar-refractivity contribution in [3.8, 4) is 17.2 Å². The Morgan fingerprint density at radius 1 is 1.07 bits per heavy atom. The van der Waals surface area contributed by atoms with Gasteiger partial charge in [-0.1, -0.05) is 11.6 Å². The average Bonchev–Trinajstić information content (AvgIpc) is 2.98. The van der Waals surface area contributed by atoms with Crippen molar-refractivity contribution in [1.82, 2.24) is 0 Å². The molecule has 0 saturated carbocycles. The predicted octanol–water partition coefficient (Wildman–Crippen LogP) is 4.62. The Morgan fingerprint density at radius 3 is 2.56 bits per heavy atom. The van der Waals surface area contributed by atoms with E-state index in [1.165, 1.54) is 19.2 Å². The minimum Gasteiger partial charge on any atom is -0.508 e. The van der Waals surface area contributed by atoms with E-state index in [9.17, 15) is 15.0 Å². The second kappa shape index (κ2) is 6.09. The lowest BCUT2D eigenvalue weighted by atomic mass is 10.0. The van der Waals surface area contributed by atoms with Gasteiger partial charge in [0, 0.05) is 11.5 Å². The summed E-state index contributed by atoms with van der Waals surface area (Å²) in [6.45, 7) is 3.96. The molecular weight excluding hydrogens is 348 g/mol. The molecule has 6 heteroatoms. The zero-order chi connectivity index (χ0) is 19.3. The molecule has 0 spiro atoms. The Hall–Kier alpha value is -3.41. The fourth-order valence-electron chi connectivity index (χ4n) is 3.22. The van der Waals surface area contributed by atoms with Gasteiger partial charge in [-0.25, -0.2) is 4.79 Å². The van der Waals surface area contributed by atoms with Crippen LogP contribution in [0.3, 0.4) is 0 Å². The van der Waals surface area contributed by atoms with Gasteiger partial charge in [-0.2, -0.15) is 0 Å². The molecule has 2 heterocycles. The van der Waals surface area contributed by atoms with Gasteiger partial charge in [0.1, 0.15) is 16.7 Å². The normalized spacial score (nSPS) is 11.4. The highest BCUT2D eigenvalue weighted by molar-refractivity contribution is 6.14.